The van der Waals surface area contributed by atoms with Crippen molar-refractivity contribution in [1.29, 1.82) is 0 Å². The van der Waals surface area contributed by atoms with Crippen molar-refractivity contribution < 1.29 is 9.21 Å². The van der Waals surface area contributed by atoms with Gasteiger partial charge in [-0.1, -0.05) is 0 Å². The van der Waals surface area contributed by atoms with Crippen LogP contribution in [-0.2, 0) is 0 Å². The predicted octanol–water partition coefficient (Wildman–Crippen LogP) is 1.33. The molecule has 0 N–H and O–H groups in total. The Morgan fingerprint density at radius 2 is 2.17 bits per heavy atom. The summed E-state index contributed by atoms with van der Waals surface area (Å²) >= 11 is 0. The van der Waals surface area contributed by atoms with Crippen molar-refractivity contribution in [3.05, 3.63) is 23.7 Å². The molecule has 1 aromatic rings. The van der Waals surface area contributed by atoms with Crippen molar-refractivity contribution >= 4 is 5.78 Å². The van der Waals surface area contributed by atoms with Crippen molar-refractivity contribution in [3.63, 3.8) is 0 Å². The molecule has 0 atom stereocenters. The standard InChI is InChI=1S/C9H13NO2/c1-7-4-5-9(12-7)8(11)6-10(2)3/h4-5H,6H2,1-3H3. The molecule has 66 valence electrons. The average molecular weight is 167 g/mol. The fourth-order valence-corrected chi connectivity index (χ4v) is 0.950. The fourth-order valence-electron chi connectivity index (χ4n) is 0.950. The Morgan fingerprint density at radius 3 is 2.58 bits per heavy atom. The second-order valence-electron chi connectivity index (χ2n) is 3.07. The third kappa shape index (κ3) is 2.20. The zero-order valence-electron chi connectivity index (χ0n) is 7.63. The normalized spacial score (nSPS) is 10.7. The second kappa shape index (κ2) is 3.54. The molecule has 3 heteroatoms. The van der Waals surface area contributed by atoms with E-state index < -0.39 is 0 Å². The number of carbonyl (C=O) groups excluding carboxylic acids is 1. The van der Waals surface area contributed by atoms with E-state index in [9.17, 15) is 4.79 Å². The summed E-state index contributed by atoms with van der Waals surface area (Å²) < 4.78 is 5.17. The van der Waals surface area contributed by atoms with Crippen LogP contribution in [0.2, 0.25) is 0 Å². The number of Topliss-reactive ketones (excluding diaryl/α,β-unsaturated/α-hetero) is 1. The highest BCUT2D eigenvalue weighted by atomic mass is 16.3. The second-order valence-corrected chi connectivity index (χ2v) is 3.07. The minimum atomic E-state index is 0.0214. The quantitative estimate of drug-likeness (QED) is 0.637. The Balaban J connectivity index is 2.65. The molecule has 1 aromatic heterocycles. The lowest BCUT2D eigenvalue weighted by atomic mass is 10.3. The molecule has 0 fully saturated rings. The number of rotatable bonds is 3. The number of aryl methyl sites for hydroxylation is 1. The largest absolute Gasteiger partial charge is 0.458 e. The maximum absolute atomic E-state index is 11.3. The molecule has 3 nitrogen and oxygen atoms in total. The van der Waals surface area contributed by atoms with Gasteiger partial charge in [-0.15, -0.1) is 0 Å². The van der Waals surface area contributed by atoms with Crippen LogP contribution in [0.1, 0.15) is 16.3 Å². The van der Waals surface area contributed by atoms with E-state index in [1.807, 2.05) is 25.9 Å². The lowest BCUT2D eigenvalue weighted by Crippen LogP contribution is -2.21. The monoisotopic (exact) mass is 167 g/mol. The van der Waals surface area contributed by atoms with Crippen molar-refractivity contribution in [2.24, 2.45) is 0 Å². The van der Waals surface area contributed by atoms with Gasteiger partial charge in [-0.2, -0.15) is 0 Å². The number of hydrogen-bond acceptors (Lipinski definition) is 3. The van der Waals surface area contributed by atoms with Crippen LogP contribution in [0.15, 0.2) is 16.5 Å². The minimum absolute atomic E-state index is 0.0214. The molecule has 0 saturated carbocycles. The fraction of sp³-hybridized carbons (Fsp3) is 0.444. The molecular formula is C9H13NO2. The highest BCUT2D eigenvalue weighted by Gasteiger charge is 2.09. The van der Waals surface area contributed by atoms with Crippen molar-refractivity contribution in [1.82, 2.24) is 4.90 Å². The number of hydrogen-bond donors (Lipinski definition) is 0. The summed E-state index contributed by atoms with van der Waals surface area (Å²) in [6.07, 6.45) is 0. The van der Waals surface area contributed by atoms with Crippen molar-refractivity contribution in [2.75, 3.05) is 20.6 Å². The zero-order valence-corrected chi connectivity index (χ0v) is 7.63. The van der Waals surface area contributed by atoms with Crippen LogP contribution in [0.25, 0.3) is 0 Å². The van der Waals surface area contributed by atoms with Gasteiger partial charge in [0.25, 0.3) is 0 Å². The Labute approximate surface area is 72.0 Å². The highest BCUT2D eigenvalue weighted by Crippen LogP contribution is 2.06. The SMILES string of the molecule is Cc1ccc(C(=O)CN(C)C)o1. The third-order valence-corrected chi connectivity index (χ3v) is 1.48. The van der Waals surface area contributed by atoms with Gasteiger partial charge in [-0.25, -0.2) is 0 Å². The van der Waals surface area contributed by atoms with Gasteiger partial charge in [0.05, 0.1) is 6.54 Å². The molecule has 0 saturated heterocycles. The van der Waals surface area contributed by atoms with E-state index in [1.54, 1.807) is 12.1 Å². The lowest BCUT2D eigenvalue weighted by molar-refractivity contribution is 0.0929. The van der Waals surface area contributed by atoms with E-state index >= 15 is 0 Å². The minimum Gasteiger partial charge on any atom is -0.458 e. The Morgan fingerprint density at radius 1 is 1.50 bits per heavy atom. The van der Waals surface area contributed by atoms with Crippen LogP contribution >= 0.6 is 0 Å². The smallest absolute Gasteiger partial charge is 0.211 e. The van der Waals surface area contributed by atoms with Crippen molar-refractivity contribution in [2.45, 2.75) is 6.92 Å². The number of ketones is 1. The Hall–Kier alpha value is -1.09. The first-order chi connectivity index (χ1) is 5.59. The van der Waals surface area contributed by atoms with E-state index in [-0.39, 0.29) is 5.78 Å². The number of nitrogens with zero attached hydrogens (tertiary/aromatic N) is 1. The van der Waals surface area contributed by atoms with Gasteiger partial charge in [-0.05, 0) is 33.2 Å². The van der Waals surface area contributed by atoms with E-state index in [0.29, 0.717) is 12.3 Å². The average Bonchev–Trinajstić information content (AvgIpc) is 2.34. The van der Waals surface area contributed by atoms with E-state index in [2.05, 4.69) is 0 Å². The molecule has 0 bridgehead atoms. The Bertz CT molecular complexity index is 276. The molecule has 0 radical (unpaired) electrons. The van der Waals surface area contributed by atoms with Crippen LogP contribution in [0.4, 0.5) is 0 Å². The summed E-state index contributed by atoms with van der Waals surface area (Å²) in [5, 5.41) is 0. The summed E-state index contributed by atoms with van der Waals surface area (Å²) in [6.45, 7) is 2.22. The van der Waals surface area contributed by atoms with Gasteiger partial charge in [0.15, 0.2) is 5.76 Å². The van der Waals surface area contributed by atoms with Crippen LogP contribution in [-0.4, -0.2) is 31.3 Å². The molecule has 0 aliphatic carbocycles. The first-order valence-electron chi connectivity index (χ1n) is 3.84. The maximum atomic E-state index is 11.3. The first-order valence-corrected chi connectivity index (χ1v) is 3.84. The summed E-state index contributed by atoms with van der Waals surface area (Å²) in [5.41, 5.74) is 0. The van der Waals surface area contributed by atoms with Gasteiger partial charge >= 0.3 is 0 Å². The zero-order chi connectivity index (χ0) is 9.14. The van der Waals surface area contributed by atoms with Gasteiger partial charge < -0.3 is 9.32 Å². The van der Waals surface area contributed by atoms with Crippen LogP contribution in [0.5, 0.6) is 0 Å². The van der Waals surface area contributed by atoms with E-state index in [1.165, 1.54) is 0 Å². The van der Waals surface area contributed by atoms with Crippen LogP contribution in [0, 0.1) is 6.92 Å². The lowest BCUT2D eigenvalue weighted by Gasteiger charge is -2.05. The topological polar surface area (TPSA) is 33.5 Å². The van der Waals surface area contributed by atoms with Crippen LogP contribution in [0.3, 0.4) is 0 Å². The van der Waals surface area contributed by atoms with Gasteiger partial charge in [0.2, 0.25) is 5.78 Å². The Kier molecular flexibility index (Phi) is 2.65. The number of furan rings is 1. The molecule has 0 spiro atoms. The molecule has 0 unspecified atom stereocenters. The first kappa shape index (κ1) is 9.00. The molecule has 1 heterocycles. The van der Waals surface area contributed by atoms with Gasteiger partial charge in [0, 0.05) is 0 Å². The molecular weight excluding hydrogens is 154 g/mol. The molecule has 1 rings (SSSR count). The van der Waals surface area contributed by atoms with Crippen molar-refractivity contribution in [3.8, 4) is 0 Å². The third-order valence-electron chi connectivity index (χ3n) is 1.48. The molecule has 12 heavy (non-hydrogen) atoms. The predicted molar refractivity (Wildman–Crippen MR) is 46.3 cm³/mol. The number of likely N-dealkylation sites (N-methyl/N-ethyl adjacent to an activating group) is 1. The van der Waals surface area contributed by atoms with Gasteiger partial charge in [0.1, 0.15) is 5.76 Å². The maximum Gasteiger partial charge on any atom is 0.211 e. The van der Waals surface area contributed by atoms with E-state index in [4.69, 9.17) is 4.42 Å². The summed E-state index contributed by atoms with van der Waals surface area (Å²) in [7, 11) is 3.71. The molecule has 0 aromatic carbocycles. The van der Waals surface area contributed by atoms with Gasteiger partial charge in [-0.3, -0.25) is 4.79 Å². The highest BCUT2D eigenvalue weighted by molar-refractivity contribution is 5.95. The summed E-state index contributed by atoms with van der Waals surface area (Å²) in [4.78, 5) is 13.2. The molecule has 0 amide bonds. The molecule has 0 aliphatic rings. The number of carbonyl (C=O) groups is 1. The summed E-state index contributed by atoms with van der Waals surface area (Å²) in [5.74, 6) is 1.24. The van der Waals surface area contributed by atoms with Crippen LogP contribution < -0.4 is 0 Å². The molecule has 0 aliphatic heterocycles. The summed E-state index contributed by atoms with van der Waals surface area (Å²) in [6, 6.07) is 3.50. The van der Waals surface area contributed by atoms with E-state index in [0.717, 1.165) is 5.76 Å².